The average molecular weight is 216 g/mol. The van der Waals surface area contributed by atoms with E-state index in [1.165, 1.54) is 7.11 Å². The van der Waals surface area contributed by atoms with E-state index in [2.05, 4.69) is 35.6 Å². The number of methoxy groups -OCH3 is 1. The first-order chi connectivity index (χ1) is 7.10. The first kappa shape index (κ1) is 14.4. The number of likely N-dealkylation sites (N-methyl/N-ethyl adjacent to an activating group) is 1. The summed E-state index contributed by atoms with van der Waals surface area (Å²) in [6.45, 7) is 6.04. The van der Waals surface area contributed by atoms with Gasteiger partial charge in [0.05, 0.1) is 13.5 Å². The fourth-order valence-corrected chi connectivity index (χ4v) is 1.34. The van der Waals surface area contributed by atoms with Gasteiger partial charge in [-0.15, -0.1) is 0 Å². The third kappa shape index (κ3) is 8.39. The van der Waals surface area contributed by atoms with Crippen LogP contribution in [0.3, 0.4) is 0 Å². The fraction of sp³-hybridized carbons (Fsp3) is 0.909. The highest BCUT2D eigenvalue weighted by molar-refractivity contribution is 5.69. The molecule has 0 aliphatic carbocycles. The summed E-state index contributed by atoms with van der Waals surface area (Å²) in [5.41, 5.74) is 0. The van der Waals surface area contributed by atoms with Gasteiger partial charge in [0.15, 0.2) is 0 Å². The summed E-state index contributed by atoms with van der Waals surface area (Å²) in [5, 5.41) is 0. The number of hydrogen-bond acceptors (Lipinski definition) is 4. The lowest BCUT2D eigenvalue weighted by molar-refractivity contribution is -0.141. The Kier molecular flexibility index (Phi) is 8.33. The van der Waals surface area contributed by atoms with Gasteiger partial charge in [-0.3, -0.25) is 4.79 Å². The van der Waals surface area contributed by atoms with Crippen LogP contribution in [-0.2, 0) is 9.53 Å². The Hall–Kier alpha value is -0.610. The third-order valence-electron chi connectivity index (χ3n) is 2.26. The molecule has 0 N–H and O–H groups in total. The van der Waals surface area contributed by atoms with E-state index < -0.39 is 0 Å². The number of esters is 1. The quantitative estimate of drug-likeness (QED) is 0.562. The van der Waals surface area contributed by atoms with Gasteiger partial charge in [0.25, 0.3) is 0 Å². The molecule has 0 rings (SSSR count). The van der Waals surface area contributed by atoms with Crippen LogP contribution in [0.1, 0.15) is 19.8 Å². The van der Waals surface area contributed by atoms with E-state index in [4.69, 9.17) is 0 Å². The Bertz CT molecular complexity index is 172. The SMILES string of the molecule is CCCN(CCC(=O)OC)CCN(C)C. The normalized spacial score (nSPS) is 11.1. The number of carbonyl (C=O) groups is 1. The molecule has 0 aliphatic rings. The molecule has 0 amide bonds. The topological polar surface area (TPSA) is 32.8 Å². The molecular weight excluding hydrogens is 192 g/mol. The summed E-state index contributed by atoms with van der Waals surface area (Å²) in [6.07, 6.45) is 1.61. The van der Waals surface area contributed by atoms with E-state index in [0.717, 1.165) is 32.6 Å². The van der Waals surface area contributed by atoms with Crippen LogP contribution >= 0.6 is 0 Å². The zero-order valence-electron chi connectivity index (χ0n) is 10.5. The molecule has 0 heterocycles. The minimum atomic E-state index is -0.124. The summed E-state index contributed by atoms with van der Waals surface area (Å²) < 4.78 is 4.63. The van der Waals surface area contributed by atoms with Crippen LogP contribution in [0.25, 0.3) is 0 Å². The second kappa shape index (κ2) is 8.68. The van der Waals surface area contributed by atoms with Crippen molar-refractivity contribution in [1.82, 2.24) is 9.80 Å². The summed E-state index contributed by atoms with van der Waals surface area (Å²) in [6, 6.07) is 0. The highest BCUT2D eigenvalue weighted by Crippen LogP contribution is 1.96. The number of hydrogen-bond donors (Lipinski definition) is 0. The van der Waals surface area contributed by atoms with Crippen molar-refractivity contribution in [3.8, 4) is 0 Å². The van der Waals surface area contributed by atoms with Crippen LogP contribution in [0.5, 0.6) is 0 Å². The molecule has 90 valence electrons. The molecule has 0 saturated carbocycles. The number of carbonyl (C=O) groups excluding carboxylic acids is 1. The van der Waals surface area contributed by atoms with Crippen LogP contribution < -0.4 is 0 Å². The lowest BCUT2D eigenvalue weighted by Crippen LogP contribution is -2.34. The van der Waals surface area contributed by atoms with E-state index in [1.807, 2.05) is 0 Å². The van der Waals surface area contributed by atoms with Gasteiger partial charge < -0.3 is 14.5 Å². The van der Waals surface area contributed by atoms with Crippen LogP contribution in [0.2, 0.25) is 0 Å². The predicted octanol–water partition coefficient (Wildman–Crippen LogP) is 0.823. The zero-order chi connectivity index (χ0) is 11.7. The maximum atomic E-state index is 11.0. The van der Waals surface area contributed by atoms with Gasteiger partial charge in [0, 0.05) is 19.6 Å². The predicted molar refractivity (Wildman–Crippen MR) is 61.9 cm³/mol. The van der Waals surface area contributed by atoms with Gasteiger partial charge in [0.1, 0.15) is 0 Å². The lowest BCUT2D eigenvalue weighted by Gasteiger charge is -2.22. The molecule has 15 heavy (non-hydrogen) atoms. The molecule has 4 nitrogen and oxygen atoms in total. The van der Waals surface area contributed by atoms with Gasteiger partial charge in [-0.25, -0.2) is 0 Å². The molecular formula is C11H24N2O2. The number of nitrogens with zero attached hydrogens (tertiary/aromatic N) is 2. The van der Waals surface area contributed by atoms with Gasteiger partial charge >= 0.3 is 5.97 Å². The summed E-state index contributed by atoms with van der Waals surface area (Å²) in [4.78, 5) is 15.5. The molecule has 0 atom stereocenters. The second-order valence-electron chi connectivity index (χ2n) is 3.97. The Morgan fingerprint density at radius 1 is 1.13 bits per heavy atom. The maximum absolute atomic E-state index is 11.0. The van der Waals surface area contributed by atoms with Crippen LogP contribution in [0, 0.1) is 0 Å². The van der Waals surface area contributed by atoms with Crippen molar-refractivity contribution in [3.63, 3.8) is 0 Å². The van der Waals surface area contributed by atoms with E-state index >= 15 is 0 Å². The van der Waals surface area contributed by atoms with Gasteiger partial charge in [-0.1, -0.05) is 6.92 Å². The molecule has 0 aromatic heterocycles. The Labute approximate surface area is 93.2 Å². The van der Waals surface area contributed by atoms with Crippen molar-refractivity contribution in [2.45, 2.75) is 19.8 Å². The van der Waals surface area contributed by atoms with Crippen molar-refractivity contribution in [1.29, 1.82) is 0 Å². The molecule has 4 heteroatoms. The molecule has 0 spiro atoms. The standard InChI is InChI=1S/C11H24N2O2/c1-5-7-13(10-9-12(2)3)8-6-11(14)15-4/h5-10H2,1-4H3. The van der Waals surface area contributed by atoms with E-state index in [-0.39, 0.29) is 5.97 Å². The van der Waals surface area contributed by atoms with Crippen molar-refractivity contribution >= 4 is 5.97 Å². The first-order valence-electron chi connectivity index (χ1n) is 5.54. The molecule has 0 unspecified atom stereocenters. The van der Waals surface area contributed by atoms with Crippen LogP contribution in [0.4, 0.5) is 0 Å². The monoisotopic (exact) mass is 216 g/mol. The zero-order valence-corrected chi connectivity index (χ0v) is 10.5. The maximum Gasteiger partial charge on any atom is 0.306 e. The van der Waals surface area contributed by atoms with E-state index in [9.17, 15) is 4.79 Å². The fourth-order valence-electron chi connectivity index (χ4n) is 1.34. The molecule has 0 radical (unpaired) electrons. The third-order valence-corrected chi connectivity index (χ3v) is 2.26. The molecule has 0 aliphatic heterocycles. The van der Waals surface area contributed by atoms with Crippen LogP contribution in [0.15, 0.2) is 0 Å². The largest absolute Gasteiger partial charge is 0.469 e. The lowest BCUT2D eigenvalue weighted by atomic mass is 10.3. The van der Waals surface area contributed by atoms with Crippen molar-refractivity contribution in [3.05, 3.63) is 0 Å². The minimum absolute atomic E-state index is 0.124. The highest BCUT2D eigenvalue weighted by atomic mass is 16.5. The summed E-state index contributed by atoms with van der Waals surface area (Å²) in [5.74, 6) is -0.124. The molecule has 0 bridgehead atoms. The first-order valence-corrected chi connectivity index (χ1v) is 5.54. The van der Waals surface area contributed by atoms with Crippen molar-refractivity contribution in [2.24, 2.45) is 0 Å². The average Bonchev–Trinajstić information content (AvgIpc) is 2.21. The van der Waals surface area contributed by atoms with Gasteiger partial charge in [0.2, 0.25) is 0 Å². The van der Waals surface area contributed by atoms with E-state index in [1.54, 1.807) is 0 Å². The molecule has 0 aromatic carbocycles. The summed E-state index contributed by atoms with van der Waals surface area (Å²) in [7, 11) is 5.56. The Balaban J connectivity index is 3.77. The van der Waals surface area contributed by atoms with Crippen molar-refractivity contribution < 1.29 is 9.53 Å². The van der Waals surface area contributed by atoms with E-state index in [0.29, 0.717) is 6.42 Å². The molecule has 0 saturated heterocycles. The minimum Gasteiger partial charge on any atom is -0.469 e. The summed E-state index contributed by atoms with van der Waals surface area (Å²) >= 11 is 0. The van der Waals surface area contributed by atoms with Crippen molar-refractivity contribution in [2.75, 3.05) is 47.4 Å². The number of rotatable bonds is 8. The highest BCUT2D eigenvalue weighted by Gasteiger charge is 2.07. The molecule has 0 aromatic rings. The van der Waals surface area contributed by atoms with Crippen LogP contribution in [-0.4, -0.2) is 63.2 Å². The Morgan fingerprint density at radius 3 is 2.27 bits per heavy atom. The van der Waals surface area contributed by atoms with Gasteiger partial charge in [-0.2, -0.15) is 0 Å². The second-order valence-corrected chi connectivity index (χ2v) is 3.97. The smallest absolute Gasteiger partial charge is 0.306 e. The molecule has 0 fully saturated rings. The Morgan fingerprint density at radius 2 is 1.80 bits per heavy atom. The number of ether oxygens (including phenoxy) is 1. The van der Waals surface area contributed by atoms with Gasteiger partial charge in [-0.05, 0) is 27.1 Å².